The van der Waals surface area contributed by atoms with Gasteiger partial charge in [0.1, 0.15) is 16.6 Å². The van der Waals surface area contributed by atoms with E-state index in [1.54, 1.807) is 0 Å². The van der Waals surface area contributed by atoms with Crippen molar-refractivity contribution in [2.45, 2.75) is 10.8 Å². The zero-order valence-electron chi connectivity index (χ0n) is 13.1. The molecule has 4 N–H and O–H groups in total. The largest absolute Gasteiger partial charge is 0.441 e. The minimum atomic E-state index is -0.362. The average Bonchev–Trinajstić information content (AvgIpc) is 2.62. The van der Waals surface area contributed by atoms with E-state index in [0.717, 1.165) is 10.5 Å². The van der Waals surface area contributed by atoms with Crippen molar-refractivity contribution in [2.75, 3.05) is 0 Å². The van der Waals surface area contributed by atoms with Gasteiger partial charge in [-0.05, 0) is 18.2 Å². The molecular formula is C19H14N4OS. The fourth-order valence-corrected chi connectivity index (χ4v) is 3.98. The van der Waals surface area contributed by atoms with Crippen LogP contribution >= 0.6 is 11.8 Å². The number of nitrogens with two attached hydrogens (primary N) is 2. The molecule has 0 aromatic heterocycles. The van der Waals surface area contributed by atoms with Crippen LogP contribution < -0.4 is 16.2 Å². The van der Waals surface area contributed by atoms with Crippen molar-refractivity contribution < 1.29 is 4.74 Å². The molecule has 0 saturated heterocycles. The van der Waals surface area contributed by atoms with Gasteiger partial charge in [0.05, 0.1) is 23.1 Å². The Labute approximate surface area is 149 Å². The van der Waals surface area contributed by atoms with Crippen LogP contribution in [-0.4, -0.2) is 5.04 Å². The van der Waals surface area contributed by atoms with Crippen LogP contribution in [-0.2, 0) is 0 Å². The lowest BCUT2D eigenvalue weighted by atomic mass is 9.82. The predicted octanol–water partition coefficient (Wildman–Crippen LogP) is 3.23. The van der Waals surface area contributed by atoms with Crippen molar-refractivity contribution in [3.63, 3.8) is 0 Å². The van der Waals surface area contributed by atoms with Crippen LogP contribution in [0.2, 0.25) is 0 Å². The molecule has 0 aliphatic carbocycles. The molecule has 122 valence electrons. The first-order valence-electron chi connectivity index (χ1n) is 7.67. The molecular weight excluding hydrogens is 332 g/mol. The number of fused-ring (bicyclic) bond motifs is 3. The van der Waals surface area contributed by atoms with Crippen LogP contribution in [0.25, 0.3) is 0 Å². The van der Waals surface area contributed by atoms with Gasteiger partial charge in [-0.15, -0.1) is 0 Å². The van der Waals surface area contributed by atoms with E-state index < -0.39 is 0 Å². The molecule has 2 aliphatic heterocycles. The number of benzene rings is 2. The van der Waals surface area contributed by atoms with Crippen molar-refractivity contribution >= 4 is 16.8 Å². The minimum absolute atomic E-state index is 0.221. The number of allylic oxidation sites excluding steroid dienone is 1. The summed E-state index contributed by atoms with van der Waals surface area (Å²) in [7, 11) is 0. The monoisotopic (exact) mass is 346 g/mol. The topological polar surface area (TPSA) is 97.4 Å². The molecule has 0 amide bonds. The van der Waals surface area contributed by atoms with Crippen molar-refractivity contribution in [3.8, 4) is 11.8 Å². The molecule has 2 aromatic carbocycles. The molecule has 0 saturated carbocycles. The van der Waals surface area contributed by atoms with E-state index in [1.165, 1.54) is 11.8 Å². The first-order chi connectivity index (χ1) is 12.2. The molecule has 2 heterocycles. The van der Waals surface area contributed by atoms with E-state index in [4.69, 9.17) is 16.2 Å². The van der Waals surface area contributed by atoms with Gasteiger partial charge in [-0.3, -0.25) is 0 Å². The second kappa shape index (κ2) is 6.04. The quantitative estimate of drug-likeness (QED) is 0.826. The van der Waals surface area contributed by atoms with Gasteiger partial charge in [0.2, 0.25) is 0 Å². The molecule has 0 radical (unpaired) electrons. The fourth-order valence-electron chi connectivity index (χ4n) is 2.99. The number of nitriles is 1. The summed E-state index contributed by atoms with van der Waals surface area (Å²) in [4.78, 5) is 5.44. The third kappa shape index (κ3) is 2.55. The van der Waals surface area contributed by atoms with Crippen LogP contribution in [0.15, 0.2) is 87.3 Å². The minimum Gasteiger partial charge on any atom is -0.441 e. The summed E-state index contributed by atoms with van der Waals surface area (Å²) in [6.07, 6.45) is 0. The average molecular weight is 346 g/mol. The van der Waals surface area contributed by atoms with Gasteiger partial charge in [0.15, 0.2) is 5.88 Å². The fraction of sp³-hybridized carbons (Fsp3) is 0.0526. The Balaban J connectivity index is 1.88. The summed E-state index contributed by atoms with van der Waals surface area (Å²) in [5.41, 5.74) is 14.3. The highest BCUT2D eigenvalue weighted by molar-refractivity contribution is 8.14. The van der Waals surface area contributed by atoms with E-state index in [2.05, 4.69) is 11.1 Å². The number of rotatable bonds is 1. The zero-order valence-corrected chi connectivity index (χ0v) is 14.0. The number of ether oxygens (including phenoxy) is 1. The molecule has 1 atom stereocenters. The Kier molecular flexibility index (Phi) is 3.71. The maximum absolute atomic E-state index is 9.62. The van der Waals surface area contributed by atoms with Gasteiger partial charge < -0.3 is 16.2 Å². The highest BCUT2D eigenvalue weighted by atomic mass is 32.2. The first-order valence-corrected chi connectivity index (χ1v) is 8.49. The second-order valence-corrected chi connectivity index (χ2v) is 6.66. The van der Waals surface area contributed by atoms with E-state index in [0.29, 0.717) is 21.9 Å². The summed E-state index contributed by atoms with van der Waals surface area (Å²) >= 11 is 1.45. The van der Waals surface area contributed by atoms with E-state index in [9.17, 15) is 5.26 Å². The van der Waals surface area contributed by atoms with Crippen molar-refractivity contribution in [1.29, 1.82) is 5.26 Å². The smallest absolute Gasteiger partial charge is 0.197 e. The highest BCUT2D eigenvalue weighted by Crippen LogP contribution is 2.47. The van der Waals surface area contributed by atoms with Crippen LogP contribution in [0.3, 0.4) is 0 Å². The Morgan fingerprint density at radius 2 is 1.76 bits per heavy atom. The maximum atomic E-state index is 9.62. The zero-order chi connectivity index (χ0) is 17.4. The third-order valence-corrected chi connectivity index (χ3v) is 5.11. The summed E-state index contributed by atoms with van der Waals surface area (Å²) in [6.45, 7) is 0. The lowest BCUT2D eigenvalue weighted by Crippen LogP contribution is -2.29. The number of nitrogens with zero attached hydrogens (tertiary/aromatic N) is 2. The molecule has 0 bridgehead atoms. The van der Waals surface area contributed by atoms with Crippen LogP contribution in [0.4, 0.5) is 0 Å². The molecule has 6 heteroatoms. The Hall–Kier alpha value is -3.17. The van der Waals surface area contributed by atoms with Crippen molar-refractivity contribution in [2.24, 2.45) is 16.5 Å². The standard InChI is InChI=1S/C19H14N4OS/c20-10-13-15-12-8-4-5-9-14(12)24-18(22)16(15)19(23-17(13)21)25-11-6-2-1-3-7-11/h1-9,15H,21-22H2/t15-/m0/s1. The number of thioether (sulfide) groups is 1. The van der Waals surface area contributed by atoms with Gasteiger partial charge in [-0.25, -0.2) is 4.99 Å². The summed E-state index contributed by atoms with van der Waals surface area (Å²) in [5.74, 6) is 0.754. The normalized spacial score (nSPS) is 18.7. The third-order valence-electron chi connectivity index (χ3n) is 4.10. The van der Waals surface area contributed by atoms with Gasteiger partial charge in [0.25, 0.3) is 0 Å². The predicted molar refractivity (Wildman–Crippen MR) is 97.6 cm³/mol. The van der Waals surface area contributed by atoms with E-state index in [1.807, 2.05) is 54.6 Å². The number of aliphatic imine (C=N–C) groups is 1. The summed E-state index contributed by atoms with van der Waals surface area (Å²) in [5, 5.41) is 10.3. The van der Waals surface area contributed by atoms with Gasteiger partial charge in [0, 0.05) is 10.5 Å². The van der Waals surface area contributed by atoms with Gasteiger partial charge >= 0.3 is 0 Å². The first kappa shape index (κ1) is 15.4. The summed E-state index contributed by atoms with van der Waals surface area (Å²) < 4.78 is 5.79. The molecule has 2 aromatic rings. The molecule has 0 fully saturated rings. The van der Waals surface area contributed by atoms with E-state index in [-0.39, 0.29) is 17.6 Å². The Morgan fingerprint density at radius 3 is 2.52 bits per heavy atom. The lowest BCUT2D eigenvalue weighted by molar-refractivity contribution is 0.394. The second-order valence-electron chi connectivity index (χ2n) is 5.59. The van der Waals surface area contributed by atoms with Crippen molar-refractivity contribution in [3.05, 3.63) is 83.0 Å². The lowest BCUT2D eigenvalue weighted by Gasteiger charge is -2.31. The SMILES string of the molecule is N#CC1=C(N)N=C(Sc2ccccc2)C2=C(N)Oc3ccccc3[C@@H]12. The number of para-hydroxylation sites is 1. The molecule has 0 spiro atoms. The Bertz CT molecular complexity index is 986. The summed E-state index contributed by atoms with van der Waals surface area (Å²) in [6, 6.07) is 19.5. The molecule has 25 heavy (non-hydrogen) atoms. The highest BCUT2D eigenvalue weighted by Gasteiger charge is 2.38. The van der Waals surface area contributed by atoms with Crippen LogP contribution in [0.5, 0.6) is 5.75 Å². The Morgan fingerprint density at radius 1 is 1.04 bits per heavy atom. The van der Waals surface area contributed by atoms with E-state index >= 15 is 0 Å². The molecule has 5 nitrogen and oxygen atoms in total. The molecule has 2 aliphatic rings. The van der Waals surface area contributed by atoms with Gasteiger partial charge in [-0.2, -0.15) is 5.26 Å². The van der Waals surface area contributed by atoms with Gasteiger partial charge in [-0.1, -0.05) is 48.2 Å². The molecule has 0 unspecified atom stereocenters. The van der Waals surface area contributed by atoms with Crippen LogP contribution in [0, 0.1) is 11.3 Å². The van der Waals surface area contributed by atoms with Crippen LogP contribution in [0.1, 0.15) is 11.5 Å². The number of hydrogen-bond acceptors (Lipinski definition) is 6. The maximum Gasteiger partial charge on any atom is 0.197 e. The van der Waals surface area contributed by atoms with Crippen molar-refractivity contribution in [1.82, 2.24) is 0 Å². The number of hydrogen-bond donors (Lipinski definition) is 2. The molecule has 4 rings (SSSR count).